The van der Waals surface area contributed by atoms with E-state index in [9.17, 15) is 4.79 Å². The fourth-order valence-corrected chi connectivity index (χ4v) is 4.11. The molecule has 5 nitrogen and oxygen atoms in total. The van der Waals surface area contributed by atoms with Gasteiger partial charge in [-0.3, -0.25) is 4.79 Å². The van der Waals surface area contributed by atoms with Crippen LogP contribution in [0.5, 0.6) is 5.75 Å². The second kappa shape index (κ2) is 8.16. The fraction of sp³-hybridized carbons (Fsp3) is 0.0800. The van der Waals surface area contributed by atoms with Gasteiger partial charge in [-0.2, -0.15) is 9.50 Å². The van der Waals surface area contributed by atoms with E-state index in [-0.39, 0.29) is 5.56 Å². The molecule has 0 aliphatic heterocycles. The van der Waals surface area contributed by atoms with E-state index in [1.54, 1.807) is 0 Å². The van der Waals surface area contributed by atoms with Crippen LogP contribution in [0.25, 0.3) is 22.4 Å². The zero-order valence-corrected chi connectivity index (χ0v) is 17.7. The summed E-state index contributed by atoms with van der Waals surface area (Å²) < 4.78 is 7.83. The van der Waals surface area contributed by atoms with E-state index in [0.29, 0.717) is 21.9 Å². The molecule has 5 rings (SSSR count). The zero-order valence-electron chi connectivity index (χ0n) is 16.9. The maximum atomic E-state index is 12.7. The molecule has 0 unspecified atom stereocenters. The van der Waals surface area contributed by atoms with E-state index in [1.165, 1.54) is 21.4 Å². The number of benzene rings is 3. The summed E-state index contributed by atoms with van der Waals surface area (Å²) in [5.41, 5.74) is 4.02. The first-order valence-electron chi connectivity index (χ1n) is 9.91. The number of aryl methyl sites for hydroxylation is 1. The van der Waals surface area contributed by atoms with Gasteiger partial charge in [0.1, 0.15) is 12.4 Å². The van der Waals surface area contributed by atoms with Crippen molar-refractivity contribution < 1.29 is 4.74 Å². The largest absolute Gasteiger partial charge is 0.489 e. The van der Waals surface area contributed by atoms with Crippen molar-refractivity contribution in [1.82, 2.24) is 14.6 Å². The molecule has 0 N–H and O–H groups in total. The van der Waals surface area contributed by atoms with Gasteiger partial charge in [-0.15, -0.1) is 5.10 Å². The lowest BCUT2D eigenvalue weighted by atomic mass is 10.2. The summed E-state index contributed by atoms with van der Waals surface area (Å²) in [7, 11) is 0. The van der Waals surface area contributed by atoms with Crippen LogP contribution in [0.15, 0.2) is 83.7 Å². The molecule has 0 radical (unpaired) electrons. The highest BCUT2D eigenvalue weighted by Crippen LogP contribution is 2.17. The van der Waals surface area contributed by atoms with Crippen LogP contribution in [0.4, 0.5) is 0 Å². The Kier molecular flexibility index (Phi) is 5.06. The molecule has 0 aliphatic carbocycles. The van der Waals surface area contributed by atoms with Gasteiger partial charge in [0, 0.05) is 5.56 Å². The smallest absolute Gasteiger partial charge is 0.291 e. The average Bonchev–Trinajstić information content (AvgIpc) is 3.34. The molecule has 0 aliphatic rings. The van der Waals surface area contributed by atoms with Crippen molar-refractivity contribution >= 4 is 22.4 Å². The first-order chi connectivity index (χ1) is 15.2. The van der Waals surface area contributed by atoms with Crippen LogP contribution in [0.1, 0.15) is 16.7 Å². The number of thiazole rings is 1. The van der Waals surface area contributed by atoms with E-state index in [2.05, 4.69) is 41.3 Å². The summed E-state index contributed by atoms with van der Waals surface area (Å²) in [6.07, 6.45) is 1.86. The van der Waals surface area contributed by atoms with E-state index >= 15 is 0 Å². The fourth-order valence-electron chi connectivity index (χ4n) is 3.21. The molecule has 0 saturated carbocycles. The van der Waals surface area contributed by atoms with Crippen LogP contribution in [0.2, 0.25) is 0 Å². The lowest BCUT2D eigenvalue weighted by molar-refractivity contribution is 0.306. The molecular weight excluding hydrogens is 406 g/mol. The molecule has 0 fully saturated rings. The van der Waals surface area contributed by atoms with Gasteiger partial charge in [-0.25, -0.2) is 0 Å². The number of ether oxygens (including phenoxy) is 1. The van der Waals surface area contributed by atoms with Gasteiger partial charge in [0.2, 0.25) is 4.96 Å². The summed E-state index contributed by atoms with van der Waals surface area (Å²) in [4.78, 5) is 17.8. The first-order valence-corrected chi connectivity index (χ1v) is 10.7. The number of nitrogens with zero attached hydrogens (tertiary/aromatic N) is 3. The second-order valence-electron chi connectivity index (χ2n) is 7.25. The van der Waals surface area contributed by atoms with Crippen molar-refractivity contribution in [2.24, 2.45) is 0 Å². The number of fused-ring (bicyclic) bond motifs is 1. The third-order valence-electron chi connectivity index (χ3n) is 4.92. The number of aromatic nitrogens is 3. The van der Waals surface area contributed by atoms with Crippen molar-refractivity contribution in [3.8, 4) is 17.1 Å². The maximum absolute atomic E-state index is 12.7. The molecule has 2 heterocycles. The second-order valence-corrected chi connectivity index (χ2v) is 8.26. The number of rotatable bonds is 5. The van der Waals surface area contributed by atoms with E-state index in [1.807, 2.05) is 60.7 Å². The minimum Gasteiger partial charge on any atom is -0.489 e. The molecule has 0 saturated heterocycles. The van der Waals surface area contributed by atoms with Gasteiger partial charge in [0.05, 0.1) is 4.53 Å². The standard InChI is InChI=1S/C25H19N3O2S/c1-17-7-9-19(10-8-17)16-30-21-13-11-18(12-14-21)15-22-24(29)28-25(31-22)26-23(27-28)20-5-3-2-4-6-20/h2-15H,16H2,1H3/b22-15-. The third kappa shape index (κ3) is 4.11. The monoisotopic (exact) mass is 425 g/mol. The van der Waals surface area contributed by atoms with E-state index in [4.69, 9.17) is 4.74 Å². The molecule has 6 heteroatoms. The summed E-state index contributed by atoms with van der Waals surface area (Å²) in [6.45, 7) is 2.59. The van der Waals surface area contributed by atoms with Gasteiger partial charge in [-0.1, -0.05) is 83.6 Å². The highest BCUT2D eigenvalue weighted by atomic mass is 32.1. The van der Waals surface area contributed by atoms with Crippen LogP contribution in [0, 0.1) is 6.92 Å². The van der Waals surface area contributed by atoms with Gasteiger partial charge >= 0.3 is 0 Å². The molecule has 0 bridgehead atoms. The lowest BCUT2D eigenvalue weighted by Gasteiger charge is -2.06. The Morgan fingerprint density at radius 3 is 2.42 bits per heavy atom. The highest BCUT2D eigenvalue weighted by molar-refractivity contribution is 7.15. The molecule has 0 spiro atoms. The van der Waals surface area contributed by atoms with Gasteiger partial charge in [0.15, 0.2) is 5.82 Å². The van der Waals surface area contributed by atoms with Crippen LogP contribution >= 0.6 is 11.3 Å². The molecule has 0 amide bonds. The Bertz CT molecular complexity index is 1440. The Morgan fingerprint density at radius 2 is 1.71 bits per heavy atom. The third-order valence-corrected chi connectivity index (χ3v) is 5.88. The molecular formula is C25H19N3O2S. The minimum absolute atomic E-state index is 0.158. The maximum Gasteiger partial charge on any atom is 0.291 e. The first kappa shape index (κ1) is 19.2. The predicted octanol–water partition coefficient (Wildman–Crippen LogP) is 4.25. The number of hydrogen-bond donors (Lipinski definition) is 0. The van der Waals surface area contributed by atoms with Crippen molar-refractivity contribution in [3.63, 3.8) is 0 Å². The summed E-state index contributed by atoms with van der Waals surface area (Å²) in [6, 6.07) is 25.6. The zero-order chi connectivity index (χ0) is 21.2. The van der Waals surface area contributed by atoms with Crippen LogP contribution in [0.3, 0.4) is 0 Å². The van der Waals surface area contributed by atoms with E-state index < -0.39 is 0 Å². The van der Waals surface area contributed by atoms with Crippen LogP contribution < -0.4 is 14.8 Å². The Morgan fingerprint density at radius 1 is 0.968 bits per heavy atom. The Balaban J connectivity index is 1.35. The van der Waals surface area contributed by atoms with E-state index in [0.717, 1.165) is 22.4 Å². The quantitative estimate of drug-likeness (QED) is 0.422. The molecule has 2 aromatic heterocycles. The Labute approximate surface area is 182 Å². The van der Waals surface area contributed by atoms with Crippen molar-refractivity contribution in [2.75, 3.05) is 0 Å². The Hall–Kier alpha value is -3.77. The highest BCUT2D eigenvalue weighted by Gasteiger charge is 2.11. The predicted molar refractivity (Wildman–Crippen MR) is 123 cm³/mol. The lowest BCUT2D eigenvalue weighted by Crippen LogP contribution is -2.23. The van der Waals surface area contributed by atoms with Crippen molar-refractivity contribution in [2.45, 2.75) is 13.5 Å². The van der Waals surface area contributed by atoms with Crippen LogP contribution in [-0.4, -0.2) is 14.6 Å². The number of hydrogen-bond acceptors (Lipinski definition) is 5. The topological polar surface area (TPSA) is 56.5 Å². The van der Waals surface area contributed by atoms with Crippen LogP contribution in [-0.2, 0) is 6.61 Å². The average molecular weight is 426 g/mol. The summed E-state index contributed by atoms with van der Waals surface area (Å²) in [5, 5.41) is 4.38. The van der Waals surface area contributed by atoms with Crippen molar-refractivity contribution in [1.29, 1.82) is 0 Å². The molecule has 5 aromatic rings. The normalized spacial score (nSPS) is 11.8. The summed E-state index contributed by atoms with van der Waals surface area (Å²) in [5.74, 6) is 1.35. The summed E-state index contributed by atoms with van der Waals surface area (Å²) >= 11 is 1.34. The van der Waals surface area contributed by atoms with Gasteiger partial charge in [-0.05, 0) is 36.3 Å². The van der Waals surface area contributed by atoms with Crippen molar-refractivity contribution in [3.05, 3.63) is 110 Å². The molecule has 152 valence electrons. The molecule has 3 aromatic carbocycles. The van der Waals surface area contributed by atoms with Gasteiger partial charge < -0.3 is 4.74 Å². The minimum atomic E-state index is -0.158. The molecule has 31 heavy (non-hydrogen) atoms. The molecule has 0 atom stereocenters. The van der Waals surface area contributed by atoms with Gasteiger partial charge in [0.25, 0.3) is 5.56 Å². The SMILES string of the molecule is Cc1ccc(COc2ccc(/C=c3\sc4nc(-c5ccccc5)nn4c3=O)cc2)cc1.